The first-order chi connectivity index (χ1) is 12.9. The van der Waals surface area contributed by atoms with Gasteiger partial charge in [-0.1, -0.05) is 24.3 Å². The summed E-state index contributed by atoms with van der Waals surface area (Å²) in [5, 5.41) is 2.27. The molecule has 2 aromatic carbocycles. The molecule has 1 amide bonds. The molecule has 1 aromatic heterocycles. The number of halogens is 3. The summed E-state index contributed by atoms with van der Waals surface area (Å²) in [6.45, 7) is 0.387. The summed E-state index contributed by atoms with van der Waals surface area (Å²) >= 11 is 0. The Balaban J connectivity index is 1.73. The number of ketones is 1. The monoisotopic (exact) mass is 373 g/mol. The van der Waals surface area contributed by atoms with Crippen LogP contribution < -0.4 is 5.32 Å². The molecule has 0 saturated heterocycles. The zero-order valence-electron chi connectivity index (χ0n) is 14.0. The molecule has 0 fully saturated rings. The summed E-state index contributed by atoms with van der Waals surface area (Å²) in [4.78, 5) is 29.5. The number of hydrogen-bond donors (Lipinski definition) is 1. The SMILES string of the molecule is O=C1CCn2c(nc3ccccc32)C1C(=O)Nc1ccccc1C(F)(F)F. The van der Waals surface area contributed by atoms with Crippen LogP contribution in [0.5, 0.6) is 0 Å². The van der Waals surface area contributed by atoms with Gasteiger partial charge in [-0.05, 0) is 24.3 Å². The molecule has 0 saturated carbocycles. The van der Waals surface area contributed by atoms with Crippen molar-refractivity contribution in [2.24, 2.45) is 0 Å². The number of nitrogens with zero attached hydrogens (tertiary/aromatic N) is 2. The van der Waals surface area contributed by atoms with Crippen molar-refractivity contribution in [1.29, 1.82) is 0 Å². The van der Waals surface area contributed by atoms with E-state index in [2.05, 4.69) is 10.3 Å². The number of rotatable bonds is 2. The number of para-hydroxylation sites is 3. The van der Waals surface area contributed by atoms with Gasteiger partial charge in [0.15, 0.2) is 11.7 Å². The lowest BCUT2D eigenvalue weighted by Crippen LogP contribution is -2.34. The number of carbonyl (C=O) groups is 2. The number of fused-ring (bicyclic) bond motifs is 3. The van der Waals surface area contributed by atoms with Gasteiger partial charge in [-0.3, -0.25) is 9.59 Å². The highest BCUT2D eigenvalue weighted by Gasteiger charge is 2.38. The number of benzene rings is 2. The zero-order valence-corrected chi connectivity index (χ0v) is 14.0. The average Bonchev–Trinajstić information content (AvgIpc) is 2.99. The Morgan fingerprint density at radius 2 is 1.81 bits per heavy atom. The first-order valence-corrected chi connectivity index (χ1v) is 8.31. The van der Waals surface area contributed by atoms with Gasteiger partial charge in [-0.15, -0.1) is 0 Å². The molecule has 5 nitrogen and oxygen atoms in total. The first kappa shape index (κ1) is 17.3. The lowest BCUT2D eigenvalue weighted by molar-refractivity contribution is -0.137. The molecule has 0 bridgehead atoms. The van der Waals surface area contributed by atoms with Gasteiger partial charge in [0.25, 0.3) is 0 Å². The van der Waals surface area contributed by atoms with Crippen LogP contribution in [0.2, 0.25) is 0 Å². The molecule has 0 radical (unpaired) electrons. The van der Waals surface area contributed by atoms with E-state index >= 15 is 0 Å². The fourth-order valence-corrected chi connectivity index (χ4v) is 3.37. The van der Waals surface area contributed by atoms with Gasteiger partial charge in [-0.25, -0.2) is 4.98 Å². The van der Waals surface area contributed by atoms with E-state index in [-0.39, 0.29) is 23.7 Å². The van der Waals surface area contributed by atoms with Gasteiger partial charge in [0.1, 0.15) is 5.82 Å². The number of amides is 1. The minimum Gasteiger partial charge on any atom is -0.326 e. The van der Waals surface area contributed by atoms with E-state index in [1.165, 1.54) is 12.1 Å². The molecule has 1 atom stereocenters. The molecule has 27 heavy (non-hydrogen) atoms. The van der Waals surface area contributed by atoms with Crippen molar-refractivity contribution in [3.8, 4) is 0 Å². The topological polar surface area (TPSA) is 64.0 Å². The highest BCUT2D eigenvalue weighted by Crippen LogP contribution is 2.36. The minimum absolute atomic E-state index is 0.117. The molecule has 3 aromatic rings. The zero-order chi connectivity index (χ0) is 19.2. The van der Waals surface area contributed by atoms with E-state index in [1.54, 1.807) is 16.7 Å². The van der Waals surface area contributed by atoms with Crippen LogP contribution in [0.4, 0.5) is 18.9 Å². The number of hydrogen-bond acceptors (Lipinski definition) is 3. The Morgan fingerprint density at radius 3 is 2.59 bits per heavy atom. The molecule has 4 rings (SSSR count). The van der Waals surface area contributed by atoms with Crippen molar-refractivity contribution in [1.82, 2.24) is 9.55 Å². The largest absolute Gasteiger partial charge is 0.418 e. The van der Waals surface area contributed by atoms with Crippen LogP contribution in [0.3, 0.4) is 0 Å². The summed E-state index contributed by atoms with van der Waals surface area (Å²) in [6.07, 6.45) is -4.50. The normalized spacial score (nSPS) is 17.0. The lowest BCUT2D eigenvalue weighted by atomic mass is 9.96. The second kappa shape index (κ2) is 6.22. The van der Waals surface area contributed by atoms with E-state index in [4.69, 9.17) is 0 Å². The number of nitrogens with one attached hydrogen (secondary N) is 1. The number of imidazole rings is 1. The van der Waals surface area contributed by atoms with E-state index in [9.17, 15) is 22.8 Å². The predicted molar refractivity (Wildman–Crippen MR) is 92.2 cm³/mol. The summed E-state index contributed by atoms with van der Waals surface area (Å²) in [5.74, 6) is -2.16. The number of Topliss-reactive ketones (excluding diaryl/α,β-unsaturated/α-hetero) is 1. The standard InChI is InChI=1S/C19H14F3N3O2/c20-19(21,22)11-5-1-2-6-12(11)24-18(27)16-15(26)9-10-25-14-8-4-3-7-13(14)23-17(16)25/h1-8,16H,9-10H2,(H,24,27). The van der Waals surface area contributed by atoms with Crippen LogP contribution in [0, 0.1) is 0 Å². The number of aromatic nitrogens is 2. The van der Waals surface area contributed by atoms with Gasteiger partial charge in [-0.2, -0.15) is 13.2 Å². The number of aryl methyl sites for hydroxylation is 1. The molecule has 2 heterocycles. The lowest BCUT2D eigenvalue weighted by Gasteiger charge is -2.23. The third-order valence-corrected chi connectivity index (χ3v) is 4.60. The maximum atomic E-state index is 13.2. The summed E-state index contributed by atoms with van der Waals surface area (Å²) in [7, 11) is 0. The van der Waals surface area contributed by atoms with Crippen molar-refractivity contribution >= 4 is 28.4 Å². The molecule has 0 aliphatic carbocycles. The van der Waals surface area contributed by atoms with E-state index in [0.717, 1.165) is 17.6 Å². The average molecular weight is 373 g/mol. The fourth-order valence-electron chi connectivity index (χ4n) is 3.37. The van der Waals surface area contributed by atoms with Crippen LogP contribution in [-0.2, 0) is 22.3 Å². The molecule has 138 valence electrons. The van der Waals surface area contributed by atoms with E-state index in [0.29, 0.717) is 12.1 Å². The van der Waals surface area contributed by atoms with Crippen molar-refractivity contribution in [2.75, 3.05) is 5.32 Å². The highest BCUT2D eigenvalue weighted by atomic mass is 19.4. The van der Waals surface area contributed by atoms with Crippen molar-refractivity contribution < 1.29 is 22.8 Å². The molecule has 1 unspecified atom stereocenters. The number of alkyl halides is 3. The van der Waals surface area contributed by atoms with Crippen LogP contribution in [0.15, 0.2) is 48.5 Å². The van der Waals surface area contributed by atoms with Crippen molar-refractivity contribution in [3.63, 3.8) is 0 Å². The Hall–Kier alpha value is -3.16. The molecule has 8 heteroatoms. The first-order valence-electron chi connectivity index (χ1n) is 8.31. The smallest absolute Gasteiger partial charge is 0.326 e. The maximum Gasteiger partial charge on any atom is 0.418 e. The van der Waals surface area contributed by atoms with Gasteiger partial charge in [0, 0.05) is 13.0 Å². The molecule has 1 N–H and O–H groups in total. The van der Waals surface area contributed by atoms with Gasteiger partial charge in [0.2, 0.25) is 5.91 Å². The predicted octanol–water partition coefficient (Wildman–Crippen LogP) is 3.75. The van der Waals surface area contributed by atoms with E-state index in [1.807, 2.05) is 12.1 Å². The van der Waals surface area contributed by atoms with Crippen LogP contribution in [0.25, 0.3) is 11.0 Å². The second-order valence-corrected chi connectivity index (χ2v) is 6.29. The van der Waals surface area contributed by atoms with Gasteiger partial charge in [0.05, 0.1) is 22.3 Å². The summed E-state index contributed by atoms with van der Waals surface area (Å²) in [6, 6.07) is 11.9. The Kier molecular flexibility index (Phi) is 3.98. The highest BCUT2D eigenvalue weighted by molar-refractivity contribution is 6.12. The van der Waals surface area contributed by atoms with Crippen LogP contribution in [-0.4, -0.2) is 21.2 Å². The maximum absolute atomic E-state index is 13.2. The second-order valence-electron chi connectivity index (χ2n) is 6.29. The molecular formula is C19H14F3N3O2. The van der Waals surface area contributed by atoms with Crippen LogP contribution in [0.1, 0.15) is 23.7 Å². The third kappa shape index (κ3) is 2.97. The number of anilines is 1. The quantitative estimate of drug-likeness (QED) is 0.696. The number of carbonyl (C=O) groups excluding carboxylic acids is 2. The Labute approximate surface area is 151 Å². The Bertz CT molecular complexity index is 1060. The van der Waals surface area contributed by atoms with Crippen molar-refractivity contribution in [2.45, 2.75) is 25.1 Å². The van der Waals surface area contributed by atoms with Crippen molar-refractivity contribution in [3.05, 3.63) is 59.9 Å². The summed E-state index contributed by atoms with van der Waals surface area (Å²) in [5.41, 5.74) is 0.0790. The third-order valence-electron chi connectivity index (χ3n) is 4.60. The summed E-state index contributed by atoms with van der Waals surface area (Å²) < 4.78 is 41.3. The molecule has 1 aliphatic heterocycles. The minimum atomic E-state index is -4.62. The fraction of sp³-hybridized carbons (Fsp3) is 0.211. The molecular weight excluding hydrogens is 359 g/mol. The molecule has 0 spiro atoms. The van der Waals surface area contributed by atoms with Gasteiger partial charge >= 0.3 is 6.18 Å². The van der Waals surface area contributed by atoms with Crippen LogP contribution >= 0.6 is 0 Å². The van der Waals surface area contributed by atoms with E-state index < -0.39 is 23.6 Å². The van der Waals surface area contributed by atoms with Gasteiger partial charge < -0.3 is 9.88 Å². The Morgan fingerprint density at radius 1 is 1.11 bits per heavy atom. The molecule has 1 aliphatic rings.